The van der Waals surface area contributed by atoms with Crippen molar-refractivity contribution in [3.63, 3.8) is 0 Å². The molecule has 0 aromatic heterocycles. The molecule has 1 aliphatic carbocycles. The third-order valence-electron chi connectivity index (χ3n) is 4.77. The van der Waals surface area contributed by atoms with Gasteiger partial charge in [-0.15, -0.1) is 0 Å². The van der Waals surface area contributed by atoms with Crippen molar-refractivity contribution in [3.8, 4) is 5.75 Å². The van der Waals surface area contributed by atoms with Crippen molar-refractivity contribution in [1.29, 1.82) is 0 Å². The van der Waals surface area contributed by atoms with Crippen molar-refractivity contribution in [3.05, 3.63) is 27.7 Å². The average Bonchev–Trinajstić information content (AvgIpc) is 2.48. The van der Waals surface area contributed by atoms with Gasteiger partial charge in [-0.1, -0.05) is 15.9 Å². The summed E-state index contributed by atoms with van der Waals surface area (Å²) in [6.45, 7) is 4.79. The molecule has 3 rings (SSSR count). The number of rotatable bonds is 2. The van der Waals surface area contributed by atoms with Crippen LogP contribution in [0.4, 0.5) is 0 Å². The molecule has 2 aliphatic rings. The molecule has 1 heterocycles. The fraction of sp³-hybridized carbons (Fsp3) is 0.625. The second-order valence-electron chi connectivity index (χ2n) is 5.94. The number of likely N-dealkylation sites (N-methyl/N-ethyl adjacent to an activating group) is 1. The summed E-state index contributed by atoms with van der Waals surface area (Å²) in [5.41, 5.74) is 2.87. The number of piperazine rings is 1. The van der Waals surface area contributed by atoms with E-state index in [1.807, 2.05) is 0 Å². The number of methoxy groups -OCH3 is 1. The van der Waals surface area contributed by atoms with Gasteiger partial charge >= 0.3 is 0 Å². The van der Waals surface area contributed by atoms with Gasteiger partial charge in [0.15, 0.2) is 0 Å². The summed E-state index contributed by atoms with van der Waals surface area (Å²) in [4.78, 5) is 5.09. The quantitative estimate of drug-likeness (QED) is 0.824. The molecule has 0 N–H and O–H groups in total. The Morgan fingerprint density at radius 2 is 1.90 bits per heavy atom. The Kier molecular flexibility index (Phi) is 4.34. The highest BCUT2D eigenvalue weighted by Gasteiger charge is 2.28. The summed E-state index contributed by atoms with van der Waals surface area (Å²) in [5.74, 6) is 1.06. The summed E-state index contributed by atoms with van der Waals surface area (Å²) >= 11 is 3.69. The minimum absolute atomic E-state index is 0.680. The minimum Gasteiger partial charge on any atom is -0.496 e. The molecule has 110 valence electrons. The van der Waals surface area contributed by atoms with E-state index in [0.717, 1.165) is 18.6 Å². The fourth-order valence-corrected chi connectivity index (χ4v) is 4.05. The second kappa shape index (κ2) is 6.04. The standard InChI is InChI=1S/C16H23BrN2O/c1-18-7-9-19(10-8-18)12-3-4-13-14(11-12)16(20-2)6-5-15(13)17/h5-6,12H,3-4,7-11H2,1-2H3/i1-1. The lowest BCUT2D eigenvalue weighted by molar-refractivity contribution is 0.103. The van der Waals surface area contributed by atoms with E-state index in [0.29, 0.717) is 6.04 Å². The van der Waals surface area contributed by atoms with Gasteiger partial charge in [0.25, 0.3) is 0 Å². The fourth-order valence-electron chi connectivity index (χ4n) is 3.48. The van der Waals surface area contributed by atoms with Crippen LogP contribution in [0, 0.1) is 0 Å². The molecular weight excluding hydrogens is 315 g/mol. The van der Waals surface area contributed by atoms with Gasteiger partial charge in [0.1, 0.15) is 5.75 Å². The Bertz CT molecular complexity index is 484. The monoisotopic (exact) mass is 337 g/mol. The number of nitrogens with zero attached hydrogens (tertiary/aromatic N) is 2. The van der Waals surface area contributed by atoms with Crippen LogP contribution >= 0.6 is 15.9 Å². The van der Waals surface area contributed by atoms with Gasteiger partial charge in [-0.3, -0.25) is 4.90 Å². The predicted octanol–water partition coefficient (Wildman–Crippen LogP) is 2.56. The van der Waals surface area contributed by atoms with Crippen molar-refractivity contribution in [2.75, 3.05) is 40.3 Å². The molecule has 1 aliphatic heterocycles. The zero-order valence-electron chi connectivity index (χ0n) is 12.4. The molecule has 0 amide bonds. The van der Waals surface area contributed by atoms with E-state index in [1.54, 1.807) is 7.11 Å². The van der Waals surface area contributed by atoms with Crippen LogP contribution in [0.1, 0.15) is 17.5 Å². The van der Waals surface area contributed by atoms with E-state index in [9.17, 15) is 0 Å². The van der Waals surface area contributed by atoms with Gasteiger partial charge < -0.3 is 9.64 Å². The lowest BCUT2D eigenvalue weighted by Gasteiger charge is -2.40. The summed E-state index contributed by atoms with van der Waals surface area (Å²) in [6.07, 6.45) is 3.55. The highest BCUT2D eigenvalue weighted by Crippen LogP contribution is 2.36. The molecule has 3 nitrogen and oxygen atoms in total. The average molecular weight is 338 g/mol. The molecule has 1 aromatic carbocycles. The molecule has 1 fully saturated rings. The molecule has 0 saturated carbocycles. The summed E-state index contributed by atoms with van der Waals surface area (Å²) in [5, 5.41) is 0. The van der Waals surface area contributed by atoms with Gasteiger partial charge in [-0.2, -0.15) is 0 Å². The lowest BCUT2D eigenvalue weighted by Crippen LogP contribution is -2.50. The van der Waals surface area contributed by atoms with Crippen molar-refractivity contribution in [2.24, 2.45) is 0 Å². The Balaban J connectivity index is 1.79. The largest absolute Gasteiger partial charge is 0.496 e. The first-order valence-electron chi connectivity index (χ1n) is 7.46. The number of hydrogen-bond donors (Lipinski definition) is 0. The number of hydrogen-bond acceptors (Lipinski definition) is 3. The van der Waals surface area contributed by atoms with E-state index < -0.39 is 0 Å². The zero-order chi connectivity index (χ0) is 14.1. The van der Waals surface area contributed by atoms with Gasteiger partial charge in [-0.05, 0) is 49.6 Å². The summed E-state index contributed by atoms with van der Waals surface area (Å²) < 4.78 is 6.81. The maximum absolute atomic E-state index is 5.57. The first kappa shape index (κ1) is 14.4. The first-order valence-corrected chi connectivity index (χ1v) is 8.25. The SMILES string of the molecule is COc1ccc(Br)c2c1CC(N1CCN([11CH3])CC1)CC2. The van der Waals surface area contributed by atoms with Gasteiger partial charge in [0.05, 0.1) is 7.11 Å². The van der Waals surface area contributed by atoms with Crippen molar-refractivity contribution < 1.29 is 4.74 Å². The highest BCUT2D eigenvalue weighted by atomic mass is 79.9. The van der Waals surface area contributed by atoms with Gasteiger partial charge in [0.2, 0.25) is 0 Å². The van der Waals surface area contributed by atoms with Crippen LogP contribution in [-0.2, 0) is 12.8 Å². The van der Waals surface area contributed by atoms with Gasteiger partial charge in [-0.25, -0.2) is 0 Å². The maximum atomic E-state index is 5.57. The van der Waals surface area contributed by atoms with Crippen LogP contribution in [0.3, 0.4) is 0 Å². The van der Waals surface area contributed by atoms with E-state index in [2.05, 4.69) is 44.9 Å². The third-order valence-corrected chi connectivity index (χ3v) is 5.52. The Hall–Kier alpha value is -0.580. The highest BCUT2D eigenvalue weighted by molar-refractivity contribution is 9.10. The molecule has 20 heavy (non-hydrogen) atoms. The van der Waals surface area contributed by atoms with Crippen molar-refractivity contribution in [1.82, 2.24) is 9.80 Å². The molecule has 1 atom stereocenters. The summed E-state index contributed by atoms with van der Waals surface area (Å²) in [7, 11) is 4.00. The molecule has 0 radical (unpaired) electrons. The van der Waals surface area contributed by atoms with Crippen LogP contribution in [-0.4, -0.2) is 56.2 Å². The molecular formula is C16H23BrN2O. The van der Waals surface area contributed by atoms with Crippen LogP contribution in [0.5, 0.6) is 5.75 Å². The number of halogens is 1. The normalized spacial score (nSPS) is 24.4. The van der Waals surface area contributed by atoms with E-state index in [-0.39, 0.29) is 0 Å². The van der Waals surface area contributed by atoms with Crippen molar-refractivity contribution in [2.45, 2.75) is 25.3 Å². The maximum Gasteiger partial charge on any atom is 0.122 e. The van der Waals surface area contributed by atoms with E-state index in [4.69, 9.17) is 4.74 Å². The van der Waals surface area contributed by atoms with Crippen LogP contribution in [0.15, 0.2) is 16.6 Å². The van der Waals surface area contributed by atoms with Gasteiger partial charge in [0, 0.05) is 36.7 Å². The first-order chi connectivity index (χ1) is 9.69. The number of ether oxygens (including phenoxy) is 1. The number of fused-ring (bicyclic) bond motifs is 1. The minimum atomic E-state index is 0.680. The van der Waals surface area contributed by atoms with E-state index >= 15 is 0 Å². The van der Waals surface area contributed by atoms with Crippen LogP contribution < -0.4 is 4.74 Å². The number of benzene rings is 1. The Labute approximate surface area is 130 Å². The topological polar surface area (TPSA) is 15.7 Å². The smallest absolute Gasteiger partial charge is 0.122 e. The molecule has 1 aromatic rings. The molecule has 4 heteroatoms. The Morgan fingerprint density at radius 3 is 2.60 bits per heavy atom. The molecule has 1 saturated heterocycles. The molecule has 0 bridgehead atoms. The van der Waals surface area contributed by atoms with E-state index in [1.165, 1.54) is 48.2 Å². The van der Waals surface area contributed by atoms with Crippen LogP contribution in [0.25, 0.3) is 0 Å². The zero-order valence-corrected chi connectivity index (χ0v) is 13.9. The lowest BCUT2D eigenvalue weighted by atomic mass is 9.86. The third kappa shape index (κ3) is 2.74. The molecule has 0 spiro atoms. The van der Waals surface area contributed by atoms with Crippen LogP contribution in [0.2, 0.25) is 0 Å². The second-order valence-corrected chi connectivity index (χ2v) is 6.80. The Morgan fingerprint density at radius 1 is 1.15 bits per heavy atom. The molecule has 1 unspecified atom stereocenters. The van der Waals surface area contributed by atoms with Crippen molar-refractivity contribution >= 4 is 15.9 Å². The predicted molar refractivity (Wildman–Crippen MR) is 85.6 cm³/mol. The summed E-state index contributed by atoms with van der Waals surface area (Å²) in [6, 6.07) is 4.89.